The fraction of sp³-hybridized carbons (Fsp3) is 0.500. The largest absolute Gasteiger partial charge is 0.367 e. The van der Waals surface area contributed by atoms with Gasteiger partial charge in [-0.2, -0.15) is 0 Å². The van der Waals surface area contributed by atoms with Gasteiger partial charge in [0.05, 0.1) is 13.2 Å². The zero-order valence-corrected chi connectivity index (χ0v) is 10.3. The minimum atomic E-state index is -0.406. The maximum atomic E-state index is 7.20. The van der Waals surface area contributed by atoms with E-state index in [2.05, 4.69) is 10.6 Å². The highest BCUT2D eigenvalue weighted by molar-refractivity contribution is 6.17. The van der Waals surface area contributed by atoms with E-state index in [-0.39, 0.29) is 19.2 Å². The van der Waals surface area contributed by atoms with Crippen LogP contribution in [0.25, 0.3) is 0 Å². The molecule has 0 heterocycles. The SMILES string of the molecule is C/C=C/CON(N=C(N)NOCCCl)C(=N)N. The van der Waals surface area contributed by atoms with Gasteiger partial charge in [0.25, 0.3) is 0 Å². The maximum absolute atomic E-state index is 7.20. The van der Waals surface area contributed by atoms with Gasteiger partial charge in [0, 0.05) is 5.88 Å². The number of nitrogens with zero attached hydrogens (tertiary/aromatic N) is 2. The average Bonchev–Trinajstić information content (AvgIpc) is 2.28. The van der Waals surface area contributed by atoms with Crippen molar-refractivity contribution in [3.05, 3.63) is 12.2 Å². The Morgan fingerprint density at radius 3 is 2.82 bits per heavy atom. The van der Waals surface area contributed by atoms with Gasteiger partial charge in [-0.05, 0) is 6.92 Å². The number of guanidine groups is 2. The van der Waals surface area contributed by atoms with Gasteiger partial charge in [0.1, 0.15) is 0 Å². The molecule has 0 fully saturated rings. The molecule has 17 heavy (non-hydrogen) atoms. The first-order valence-corrected chi connectivity index (χ1v) is 5.31. The lowest BCUT2D eigenvalue weighted by atomic mass is 10.6. The van der Waals surface area contributed by atoms with Crippen molar-refractivity contribution < 1.29 is 9.68 Å². The van der Waals surface area contributed by atoms with Crippen LogP contribution in [0.3, 0.4) is 0 Å². The quantitative estimate of drug-likeness (QED) is 0.125. The topological polar surface area (TPSA) is 122 Å². The Bertz CT molecular complexity index is 283. The second kappa shape index (κ2) is 9.70. The Balaban J connectivity index is 4.20. The van der Waals surface area contributed by atoms with Crippen LogP contribution in [0.2, 0.25) is 0 Å². The fourth-order valence-corrected chi connectivity index (χ4v) is 0.721. The summed E-state index contributed by atoms with van der Waals surface area (Å²) in [6, 6.07) is 0. The first-order valence-electron chi connectivity index (χ1n) is 4.77. The van der Waals surface area contributed by atoms with Crippen LogP contribution < -0.4 is 16.9 Å². The summed E-state index contributed by atoms with van der Waals surface area (Å²) in [4.78, 5) is 9.83. The minimum Gasteiger partial charge on any atom is -0.367 e. The smallest absolute Gasteiger partial charge is 0.238 e. The first-order chi connectivity index (χ1) is 8.11. The highest BCUT2D eigenvalue weighted by atomic mass is 35.5. The van der Waals surface area contributed by atoms with Crippen molar-refractivity contribution in [1.82, 2.24) is 10.7 Å². The van der Waals surface area contributed by atoms with E-state index in [9.17, 15) is 0 Å². The third kappa shape index (κ3) is 8.31. The van der Waals surface area contributed by atoms with Crippen molar-refractivity contribution in [3.63, 3.8) is 0 Å². The Hall–Kier alpha value is -1.51. The van der Waals surface area contributed by atoms with Crippen LogP contribution in [-0.4, -0.2) is 36.2 Å². The number of hydrazone groups is 1. The first kappa shape index (κ1) is 15.5. The third-order valence-electron chi connectivity index (χ3n) is 1.29. The van der Waals surface area contributed by atoms with E-state index < -0.39 is 5.96 Å². The number of nitrogens with one attached hydrogen (secondary N) is 2. The van der Waals surface area contributed by atoms with Gasteiger partial charge in [-0.3, -0.25) is 10.2 Å². The van der Waals surface area contributed by atoms with E-state index in [0.29, 0.717) is 5.88 Å². The number of nitrogens with two attached hydrogens (primary N) is 2. The molecule has 98 valence electrons. The molecule has 0 aromatic heterocycles. The number of halogens is 1. The fourth-order valence-electron chi connectivity index (χ4n) is 0.644. The second-order valence-corrected chi connectivity index (χ2v) is 3.03. The van der Waals surface area contributed by atoms with E-state index >= 15 is 0 Å². The van der Waals surface area contributed by atoms with Crippen LogP contribution in [0, 0.1) is 5.41 Å². The van der Waals surface area contributed by atoms with Crippen molar-refractivity contribution in [2.45, 2.75) is 6.92 Å². The van der Waals surface area contributed by atoms with Gasteiger partial charge < -0.3 is 11.5 Å². The van der Waals surface area contributed by atoms with Crippen LogP contribution in [0.4, 0.5) is 0 Å². The van der Waals surface area contributed by atoms with Crippen molar-refractivity contribution in [3.8, 4) is 0 Å². The molecule has 0 aliphatic carbocycles. The zero-order valence-electron chi connectivity index (χ0n) is 9.52. The van der Waals surface area contributed by atoms with E-state index in [0.717, 1.165) is 5.17 Å². The third-order valence-corrected chi connectivity index (χ3v) is 1.44. The predicted octanol–water partition coefficient (Wildman–Crippen LogP) is -0.321. The summed E-state index contributed by atoms with van der Waals surface area (Å²) < 4.78 is 0. The molecule has 0 bridgehead atoms. The molecule has 0 aromatic rings. The standard InChI is InChI=1S/C8H17ClN6O2/c1-2-3-5-17-15(7(10)11)13-8(12)14-16-6-4-9/h2-3H,4-6H2,1H3,(H3,10,11)(H3,12,13,14)/b3-2+. The van der Waals surface area contributed by atoms with Gasteiger partial charge in [-0.25, -0.2) is 10.3 Å². The van der Waals surface area contributed by atoms with E-state index in [4.69, 9.17) is 38.2 Å². The predicted molar refractivity (Wildman–Crippen MR) is 65.9 cm³/mol. The Morgan fingerprint density at radius 2 is 2.29 bits per heavy atom. The highest BCUT2D eigenvalue weighted by Crippen LogP contribution is 1.91. The summed E-state index contributed by atoms with van der Waals surface area (Å²) in [5.74, 6) is -0.198. The summed E-state index contributed by atoms with van der Waals surface area (Å²) in [5, 5.41) is 11.6. The molecular weight excluding hydrogens is 248 g/mol. The van der Waals surface area contributed by atoms with Crippen molar-refractivity contribution in [1.29, 1.82) is 5.41 Å². The second-order valence-electron chi connectivity index (χ2n) is 2.65. The highest BCUT2D eigenvalue weighted by Gasteiger charge is 2.05. The molecule has 0 saturated carbocycles. The van der Waals surface area contributed by atoms with E-state index in [1.54, 1.807) is 12.2 Å². The number of hydrogen-bond donors (Lipinski definition) is 4. The van der Waals surface area contributed by atoms with Gasteiger partial charge in [-0.1, -0.05) is 17.3 Å². The molecule has 8 nitrogen and oxygen atoms in total. The maximum Gasteiger partial charge on any atom is 0.238 e. The number of alkyl halides is 1. The summed E-state index contributed by atoms with van der Waals surface area (Å²) >= 11 is 5.38. The van der Waals surface area contributed by atoms with Gasteiger partial charge in [0.2, 0.25) is 11.9 Å². The minimum absolute atomic E-state index is 0.106. The number of rotatable bonds is 7. The average molecular weight is 265 g/mol. The summed E-state index contributed by atoms with van der Waals surface area (Å²) in [7, 11) is 0. The summed E-state index contributed by atoms with van der Waals surface area (Å²) in [5.41, 5.74) is 13.0. The molecule has 6 N–H and O–H groups in total. The molecule has 0 aromatic carbocycles. The van der Waals surface area contributed by atoms with Crippen LogP contribution in [0.1, 0.15) is 6.92 Å². The van der Waals surface area contributed by atoms with Gasteiger partial charge in [0.15, 0.2) is 0 Å². The number of allylic oxidation sites excluding steroid dienone is 1. The molecule has 0 saturated heterocycles. The van der Waals surface area contributed by atoms with Crippen LogP contribution in [-0.2, 0) is 9.68 Å². The molecule has 0 rings (SSSR count). The number of hydrogen-bond acceptors (Lipinski definition) is 4. The Morgan fingerprint density at radius 1 is 1.59 bits per heavy atom. The van der Waals surface area contributed by atoms with Crippen LogP contribution >= 0.6 is 11.6 Å². The number of hydroxylamine groups is 2. The molecule has 0 radical (unpaired) electrons. The van der Waals surface area contributed by atoms with Crippen LogP contribution in [0.15, 0.2) is 17.3 Å². The lowest BCUT2D eigenvalue weighted by Gasteiger charge is -2.15. The van der Waals surface area contributed by atoms with Crippen LogP contribution in [0.5, 0.6) is 0 Å². The molecule has 0 aliphatic rings. The summed E-state index contributed by atoms with van der Waals surface area (Å²) in [6.07, 6.45) is 3.51. The van der Waals surface area contributed by atoms with Gasteiger partial charge >= 0.3 is 0 Å². The molecule has 0 amide bonds. The molecule has 0 unspecified atom stereocenters. The molecule has 9 heteroatoms. The van der Waals surface area contributed by atoms with Crippen molar-refractivity contribution >= 4 is 23.5 Å². The van der Waals surface area contributed by atoms with E-state index in [1.165, 1.54) is 0 Å². The lowest BCUT2D eigenvalue weighted by molar-refractivity contribution is -0.0877. The molecule has 0 aliphatic heterocycles. The zero-order chi connectivity index (χ0) is 13.1. The Labute approximate surface area is 105 Å². The molecular formula is C8H17ClN6O2. The Kier molecular flexibility index (Phi) is 8.84. The van der Waals surface area contributed by atoms with E-state index in [1.807, 2.05) is 6.92 Å². The van der Waals surface area contributed by atoms with Crippen molar-refractivity contribution in [2.75, 3.05) is 19.1 Å². The molecule has 0 spiro atoms. The molecule has 0 atom stereocenters. The van der Waals surface area contributed by atoms with Gasteiger partial charge in [-0.15, -0.1) is 16.7 Å². The normalized spacial score (nSPS) is 11.8. The monoisotopic (exact) mass is 264 g/mol. The summed E-state index contributed by atoms with van der Waals surface area (Å²) in [6.45, 7) is 2.31. The van der Waals surface area contributed by atoms with Crippen molar-refractivity contribution in [2.24, 2.45) is 16.6 Å². The lowest BCUT2D eigenvalue weighted by Crippen LogP contribution is -2.39.